The van der Waals surface area contributed by atoms with E-state index >= 15 is 0 Å². The zero-order valence-corrected chi connectivity index (χ0v) is 19.8. The summed E-state index contributed by atoms with van der Waals surface area (Å²) in [6.45, 7) is 5.10. The molecule has 0 bridgehead atoms. The number of aromatic nitrogens is 1. The number of piperazine rings is 1. The number of rotatable bonds is 5. The molecule has 2 aromatic heterocycles. The molecule has 1 aliphatic rings. The van der Waals surface area contributed by atoms with Crippen molar-refractivity contribution >= 4 is 77.2 Å². The number of halogens is 2. The van der Waals surface area contributed by atoms with Crippen molar-refractivity contribution in [2.45, 2.75) is 0 Å². The third-order valence-corrected chi connectivity index (χ3v) is 8.52. The first-order valence-electron chi connectivity index (χ1n) is 10.1. The number of hydrogen-bond donors (Lipinski definition) is 1. The average molecular weight is 491 g/mol. The molecule has 1 amide bonds. The van der Waals surface area contributed by atoms with E-state index in [1.807, 2.05) is 36.4 Å². The predicted octanol–water partition coefficient (Wildman–Crippen LogP) is 5.37. The maximum atomic E-state index is 12.6. The molecule has 3 heterocycles. The SMILES string of the molecule is O=C(NCCN1CCN(c2nc3c(Cl)cccc3s2)CC1)c1sc2ccccc2c1Cl. The second kappa shape index (κ2) is 8.92. The number of anilines is 1. The highest BCUT2D eigenvalue weighted by Gasteiger charge is 2.21. The second-order valence-electron chi connectivity index (χ2n) is 7.41. The smallest absolute Gasteiger partial charge is 0.262 e. The van der Waals surface area contributed by atoms with Gasteiger partial charge in [0.2, 0.25) is 0 Å². The minimum atomic E-state index is -0.101. The Morgan fingerprint density at radius 3 is 2.55 bits per heavy atom. The Balaban J connectivity index is 1.13. The number of carbonyl (C=O) groups is 1. The number of thiazole rings is 1. The van der Waals surface area contributed by atoms with Gasteiger partial charge >= 0.3 is 0 Å². The van der Waals surface area contributed by atoms with Gasteiger partial charge in [0.25, 0.3) is 5.91 Å². The molecule has 0 atom stereocenters. The van der Waals surface area contributed by atoms with E-state index in [-0.39, 0.29) is 5.91 Å². The zero-order chi connectivity index (χ0) is 21.4. The van der Waals surface area contributed by atoms with Gasteiger partial charge < -0.3 is 10.2 Å². The standard InChI is InChI=1S/C22H20Cl2N4OS2/c23-15-5-3-7-17-19(15)26-22(31-17)28-12-10-27(11-13-28)9-8-25-21(29)20-18(24)14-4-1-2-6-16(14)30-20/h1-7H,8-13H2,(H,25,29). The fraction of sp³-hybridized carbons (Fsp3) is 0.273. The first kappa shape index (κ1) is 21.0. The van der Waals surface area contributed by atoms with Gasteiger partial charge in [-0.05, 0) is 18.2 Å². The fourth-order valence-corrected chi connectivity index (χ4v) is 6.52. The summed E-state index contributed by atoms with van der Waals surface area (Å²) in [6, 6.07) is 13.7. The van der Waals surface area contributed by atoms with Crippen molar-refractivity contribution in [1.82, 2.24) is 15.2 Å². The zero-order valence-electron chi connectivity index (χ0n) is 16.6. The van der Waals surface area contributed by atoms with Crippen LogP contribution in [0, 0.1) is 0 Å². The van der Waals surface area contributed by atoms with Gasteiger partial charge in [0, 0.05) is 49.4 Å². The minimum absolute atomic E-state index is 0.101. The van der Waals surface area contributed by atoms with Crippen molar-refractivity contribution in [2.75, 3.05) is 44.2 Å². The fourth-order valence-electron chi connectivity index (χ4n) is 3.77. The Morgan fingerprint density at radius 1 is 1.00 bits per heavy atom. The molecule has 0 radical (unpaired) electrons. The normalized spacial score (nSPS) is 15.1. The third kappa shape index (κ3) is 4.25. The average Bonchev–Trinajstić information content (AvgIpc) is 3.37. The molecule has 1 saturated heterocycles. The summed E-state index contributed by atoms with van der Waals surface area (Å²) in [5, 5.41) is 6.23. The van der Waals surface area contributed by atoms with Gasteiger partial charge in [-0.1, -0.05) is 58.8 Å². The van der Waals surface area contributed by atoms with Crippen LogP contribution >= 0.6 is 45.9 Å². The topological polar surface area (TPSA) is 48.5 Å². The van der Waals surface area contributed by atoms with Crippen LogP contribution in [0.2, 0.25) is 10.0 Å². The largest absolute Gasteiger partial charge is 0.350 e. The molecule has 0 saturated carbocycles. The lowest BCUT2D eigenvalue weighted by atomic mass is 10.2. The van der Waals surface area contributed by atoms with E-state index in [2.05, 4.69) is 21.2 Å². The lowest BCUT2D eigenvalue weighted by Crippen LogP contribution is -2.48. The Labute approximate surface area is 198 Å². The van der Waals surface area contributed by atoms with E-state index in [1.54, 1.807) is 11.3 Å². The van der Waals surface area contributed by atoms with Gasteiger partial charge in [-0.2, -0.15) is 0 Å². The van der Waals surface area contributed by atoms with E-state index in [4.69, 9.17) is 28.2 Å². The van der Waals surface area contributed by atoms with E-state index in [0.717, 1.165) is 58.2 Å². The number of nitrogens with one attached hydrogen (secondary N) is 1. The maximum absolute atomic E-state index is 12.6. The molecule has 9 heteroatoms. The minimum Gasteiger partial charge on any atom is -0.350 e. The number of para-hydroxylation sites is 1. The molecular weight excluding hydrogens is 471 g/mol. The molecular formula is C22H20Cl2N4OS2. The Hall–Kier alpha value is -1.90. The third-order valence-electron chi connectivity index (χ3n) is 5.46. The number of nitrogens with zero attached hydrogens (tertiary/aromatic N) is 3. The molecule has 160 valence electrons. The van der Waals surface area contributed by atoms with Gasteiger partial charge in [0.1, 0.15) is 10.4 Å². The van der Waals surface area contributed by atoms with Crippen molar-refractivity contribution in [1.29, 1.82) is 0 Å². The Kier molecular flexibility index (Phi) is 6.03. The summed E-state index contributed by atoms with van der Waals surface area (Å²) in [6.07, 6.45) is 0. The number of benzene rings is 2. The van der Waals surface area contributed by atoms with Crippen molar-refractivity contribution in [3.8, 4) is 0 Å². The first-order valence-corrected chi connectivity index (χ1v) is 12.5. The van der Waals surface area contributed by atoms with Crippen molar-refractivity contribution in [2.24, 2.45) is 0 Å². The highest BCUT2D eigenvalue weighted by atomic mass is 35.5. The van der Waals surface area contributed by atoms with Crippen LogP contribution in [0.25, 0.3) is 20.3 Å². The van der Waals surface area contributed by atoms with Crippen LogP contribution in [0.4, 0.5) is 5.13 Å². The summed E-state index contributed by atoms with van der Waals surface area (Å²) in [4.78, 5) is 22.6. The summed E-state index contributed by atoms with van der Waals surface area (Å²) < 4.78 is 2.15. The van der Waals surface area contributed by atoms with Gasteiger partial charge in [-0.3, -0.25) is 9.69 Å². The molecule has 2 aromatic carbocycles. The van der Waals surface area contributed by atoms with Crippen LogP contribution in [0.5, 0.6) is 0 Å². The molecule has 4 aromatic rings. The number of thiophene rings is 1. The van der Waals surface area contributed by atoms with E-state index in [9.17, 15) is 4.79 Å². The first-order chi connectivity index (χ1) is 15.1. The molecule has 0 spiro atoms. The summed E-state index contributed by atoms with van der Waals surface area (Å²) in [7, 11) is 0. The van der Waals surface area contributed by atoms with Crippen LogP contribution < -0.4 is 10.2 Å². The summed E-state index contributed by atoms with van der Waals surface area (Å²) >= 11 is 15.8. The lowest BCUT2D eigenvalue weighted by Gasteiger charge is -2.34. The van der Waals surface area contributed by atoms with Gasteiger partial charge in [-0.15, -0.1) is 11.3 Å². The van der Waals surface area contributed by atoms with Gasteiger partial charge in [-0.25, -0.2) is 4.98 Å². The monoisotopic (exact) mass is 490 g/mol. The lowest BCUT2D eigenvalue weighted by molar-refractivity contribution is 0.0952. The van der Waals surface area contributed by atoms with Crippen molar-refractivity contribution < 1.29 is 4.79 Å². The van der Waals surface area contributed by atoms with Crippen LogP contribution in [-0.4, -0.2) is 55.1 Å². The molecule has 0 unspecified atom stereocenters. The van der Waals surface area contributed by atoms with E-state index in [1.165, 1.54) is 11.3 Å². The maximum Gasteiger partial charge on any atom is 0.262 e. The van der Waals surface area contributed by atoms with Crippen molar-refractivity contribution in [3.63, 3.8) is 0 Å². The quantitative estimate of drug-likeness (QED) is 0.408. The van der Waals surface area contributed by atoms with Crippen LogP contribution in [0.3, 0.4) is 0 Å². The molecule has 1 fully saturated rings. The van der Waals surface area contributed by atoms with Crippen LogP contribution in [0.1, 0.15) is 9.67 Å². The van der Waals surface area contributed by atoms with Gasteiger partial charge in [0.15, 0.2) is 5.13 Å². The summed E-state index contributed by atoms with van der Waals surface area (Å²) in [5.74, 6) is -0.101. The Bertz CT molecular complexity index is 1250. The number of carbonyl (C=O) groups excluding carboxylic acids is 1. The Morgan fingerprint density at radius 2 is 1.77 bits per heavy atom. The number of fused-ring (bicyclic) bond motifs is 2. The highest BCUT2D eigenvalue weighted by Crippen LogP contribution is 2.35. The molecule has 5 rings (SSSR count). The molecule has 1 aliphatic heterocycles. The van der Waals surface area contributed by atoms with Crippen LogP contribution in [0.15, 0.2) is 42.5 Å². The van der Waals surface area contributed by atoms with E-state index < -0.39 is 0 Å². The molecule has 0 aliphatic carbocycles. The van der Waals surface area contributed by atoms with E-state index in [0.29, 0.717) is 21.5 Å². The second-order valence-corrected chi connectivity index (χ2v) is 10.3. The molecule has 5 nitrogen and oxygen atoms in total. The van der Waals surface area contributed by atoms with Crippen LogP contribution in [-0.2, 0) is 0 Å². The highest BCUT2D eigenvalue weighted by molar-refractivity contribution is 7.22. The number of amides is 1. The predicted molar refractivity (Wildman–Crippen MR) is 132 cm³/mol. The summed E-state index contributed by atoms with van der Waals surface area (Å²) in [5.41, 5.74) is 0.884. The van der Waals surface area contributed by atoms with Gasteiger partial charge in [0.05, 0.1) is 14.7 Å². The molecule has 31 heavy (non-hydrogen) atoms. The number of hydrogen-bond acceptors (Lipinski definition) is 6. The molecule has 1 N–H and O–H groups in total. The van der Waals surface area contributed by atoms with Crippen molar-refractivity contribution in [3.05, 3.63) is 57.4 Å².